The van der Waals surface area contributed by atoms with Crippen molar-refractivity contribution in [3.05, 3.63) is 0 Å². The van der Waals surface area contributed by atoms with Gasteiger partial charge in [-0.25, -0.2) is 0 Å². The molecular formula is C15H29NO. The van der Waals surface area contributed by atoms with E-state index >= 15 is 0 Å². The highest BCUT2D eigenvalue weighted by molar-refractivity contribution is 4.87. The van der Waals surface area contributed by atoms with Crippen molar-refractivity contribution in [2.24, 2.45) is 17.6 Å². The Bertz CT molecular complexity index is 215. The van der Waals surface area contributed by atoms with Crippen LogP contribution in [0.4, 0.5) is 0 Å². The second-order valence-electron chi connectivity index (χ2n) is 6.38. The summed E-state index contributed by atoms with van der Waals surface area (Å²) in [5.41, 5.74) is 6.01. The highest BCUT2D eigenvalue weighted by Crippen LogP contribution is 2.35. The van der Waals surface area contributed by atoms with E-state index in [4.69, 9.17) is 10.5 Å². The Morgan fingerprint density at radius 1 is 1.06 bits per heavy atom. The van der Waals surface area contributed by atoms with Crippen LogP contribution in [0, 0.1) is 11.8 Å². The summed E-state index contributed by atoms with van der Waals surface area (Å²) in [6, 6.07) is 0. The molecule has 0 radical (unpaired) electrons. The molecule has 0 spiro atoms. The second-order valence-corrected chi connectivity index (χ2v) is 6.38. The molecule has 2 fully saturated rings. The number of hydrogen-bond donors (Lipinski definition) is 1. The van der Waals surface area contributed by atoms with Gasteiger partial charge in [0.05, 0.1) is 12.2 Å². The normalized spacial score (nSPS) is 36.0. The Labute approximate surface area is 106 Å². The lowest BCUT2D eigenvalue weighted by atomic mass is 9.79. The van der Waals surface area contributed by atoms with E-state index in [2.05, 4.69) is 6.92 Å². The Kier molecular flexibility index (Phi) is 4.87. The van der Waals surface area contributed by atoms with Crippen LogP contribution in [0.15, 0.2) is 0 Å². The SMILES string of the molecule is CC1CCC(CN)(OCC2CCCCC2)CC1. The summed E-state index contributed by atoms with van der Waals surface area (Å²) in [6.45, 7) is 4.03. The van der Waals surface area contributed by atoms with Gasteiger partial charge in [0.25, 0.3) is 0 Å². The molecule has 2 aliphatic rings. The second kappa shape index (κ2) is 6.19. The third-order valence-electron chi connectivity index (χ3n) is 4.91. The summed E-state index contributed by atoms with van der Waals surface area (Å²) in [4.78, 5) is 0. The number of hydrogen-bond acceptors (Lipinski definition) is 2. The highest BCUT2D eigenvalue weighted by atomic mass is 16.5. The molecule has 100 valence electrons. The van der Waals surface area contributed by atoms with Crippen molar-refractivity contribution in [1.82, 2.24) is 0 Å². The standard InChI is InChI=1S/C15H29NO/c1-13-7-9-15(12-16,10-8-13)17-11-14-5-3-2-4-6-14/h13-14H,2-12,16H2,1H3. The minimum atomic E-state index is 0.0317. The molecule has 17 heavy (non-hydrogen) atoms. The van der Waals surface area contributed by atoms with E-state index in [-0.39, 0.29) is 5.60 Å². The van der Waals surface area contributed by atoms with Crippen LogP contribution in [-0.4, -0.2) is 18.8 Å². The van der Waals surface area contributed by atoms with Crippen LogP contribution >= 0.6 is 0 Å². The fraction of sp³-hybridized carbons (Fsp3) is 1.00. The summed E-state index contributed by atoms with van der Waals surface area (Å²) in [6.07, 6.45) is 11.9. The Morgan fingerprint density at radius 2 is 1.71 bits per heavy atom. The average Bonchev–Trinajstić information content (AvgIpc) is 2.40. The monoisotopic (exact) mass is 239 g/mol. The molecular weight excluding hydrogens is 210 g/mol. The van der Waals surface area contributed by atoms with Gasteiger partial charge in [-0.15, -0.1) is 0 Å². The van der Waals surface area contributed by atoms with E-state index in [0.717, 1.165) is 18.4 Å². The van der Waals surface area contributed by atoms with E-state index in [1.165, 1.54) is 57.8 Å². The Balaban J connectivity index is 1.78. The molecule has 0 bridgehead atoms. The smallest absolute Gasteiger partial charge is 0.0804 e. The van der Waals surface area contributed by atoms with Gasteiger partial charge >= 0.3 is 0 Å². The molecule has 2 rings (SSSR count). The van der Waals surface area contributed by atoms with Gasteiger partial charge in [0, 0.05) is 6.54 Å². The van der Waals surface area contributed by atoms with Crippen molar-refractivity contribution in [2.45, 2.75) is 70.3 Å². The maximum atomic E-state index is 6.28. The summed E-state index contributed by atoms with van der Waals surface area (Å²) < 4.78 is 6.28. The van der Waals surface area contributed by atoms with E-state index in [1.54, 1.807) is 0 Å². The van der Waals surface area contributed by atoms with E-state index in [9.17, 15) is 0 Å². The van der Waals surface area contributed by atoms with Crippen LogP contribution < -0.4 is 5.73 Å². The van der Waals surface area contributed by atoms with Gasteiger partial charge < -0.3 is 10.5 Å². The van der Waals surface area contributed by atoms with Gasteiger partial charge in [-0.05, 0) is 50.4 Å². The van der Waals surface area contributed by atoms with Crippen molar-refractivity contribution in [3.8, 4) is 0 Å². The van der Waals surface area contributed by atoms with Crippen LogP contribution in [0.25, 0.3) is 0 Å². The lowest BCUT2D eigenvalue weighted by molar-refractivity contribution is -0.0861. The van der Waals surface area contributed by atoms with Gasteiger partial charge in [0.1, 0.15) is 0 Å². The van der Waals surface area contributed by atoms with Crippen LogP contribution in [0.1, 0.15) is 64.7 Å². The zero-order valence-corrected chi connectivity index (χ0v) is 11.4. The third kappa shape index (κ3) is 3.69. The fourth-order valence-corrected chi connectivity index (χ4v) is 3.34. The number of nitrogens with two attached hydrogens (primary N) is 1. The molecule has 2 aliphatic carbocycles. The number of ether oxygens (including phenoxy) is 1. The van der Waals surface area contributed by atoms with Crippen LogP contribution in [0.2, 0.25) is 0 Å². The zero-order chi connectivity index (χ0) is 12.1. The Morgan fingerprint density at radius 3 is 2.29 bits per heavy atom. The molecule has 2 saturated carbocycles. The van der Waals surface area contributed by atoms with Crippen LogP contribution in [-0.2, 0) is 4.74 Å². The van der Waals surface area contributed by atoms with Gasteiger partial charge in [0.2, 0.25) is 0 Å². The quantitative estimate of drug-likeness (QED) is 0.815. The molecule has 2 N–H and O–H groups in total. The molecule has 0 atom stereocenters. The third-order valence-corrected chi connectivity index (χ3v) is 4.91. The molecule has 0 aliphatic heterocycles. The summed E-state index contributed by atoms with van der Waals surface area (Å²) in [5.74, 6) is 1.68. The van der Waals surface area contributed by atoms with Crippen LogP contribution in [0.5, 0.6) is 0 Å². The first-order valence-corrected chi connectivity index (χ1v) is 7.58. The molecule has 2 heteroatoms. The highest BCUT2D eigenvalue weighted by Gasteiger charge is 2.34. The van der Waals surface area contributed by atoms with Crippen LogP contribution in [0.3, 0.4) is 0 Å². The first-order valence-electron chi connectivity index (χ1n) is 7.58. The molecule has 0 heterocycles. The lowest BCUT2D eigenvalue weighted by Gasteiger charge is -2.39. The van der Waals surface area contributed by atoms with E-state index < -0.39 is 0 Å². The van der Waals surface area contributed by atoms with Crippen molar-refractivity contribution < 1.29 is 4.74 Å². The van der Waals surface area contributed by atoms with Gasteiger partial charge in [-0.1, -0.05) is 26.2 Å². The van der Waals surface area contributed by atoms with Crippen molar-refractivity contribution in [1.29, 1.82) is 0 Å². The van der Waals surface area contributed by atoms with E-state index in [1.807, 2.05) is 0 Å². The first-order chi connectivity index (χ1) is 8.24. The van der Waals surface area contributed by atoms with Crippen molar-refractivity contribution in [2.75, 3.05) is 13.2 Å². The number of rotatable bonds is 4. The minimum Gasteiger partial charge on any atom is -0.373 e. The van der Waals surface area contributed by atoms with E-state index in [0.29, 0.717) is 6.54 Å². The maximum absolute atomic E-state index is 6.28. The van der Waals surface area contributed by atoms with Crippen molar-refractivity contribution in [3.63, 3.8) is 0 Å². The largest absolute Gasteiger partial charge is 0.373 e. The molecule has 0 saturated heterocycles. The first kappa shape index (κ1) is 13.4. The molecule has 2 nitrogen and oxygen atoms in total. The average molecular weight is 239 g/mol. The molecule has 0 unspecified atom stereocenters. The van der Waals surface area contributed by atoms with Crippen molar-refractivity contribution >= 4 is 0 Å². The predicted octanol–water partition coefficient (Wildman–Crippen LogP) is 3.49. The summed E-state index contributed by atoms with van der Waals surface area (Å²) >= 11 is 0. The minimum absolute atomic E-state index is 0.0317. The molecule has 0 aromatic carbocycles. The zero-order valence-electron chi connectivity index (χ0n) is 11.4. The maximum Gasteiger partial charge on any atom is 0.0804 e. The Hall–Kier alpha value is -0.0800. The summed E-state index contributed by atoms with van der Waals surface area (Å²) in [7, 11) is 0. The van der Waals surface area contributed by atoms with Gasteiger partial charge in [-0.2, -0.15) is 0 Å². The predicted molar refractivity (Wildman–Crippen MR) is 71.9 cm³/mol. The molecule has 0 amide bonds. The molecule has 0 aromatic heterocycles. The molecule has 0 aromatic rings. The topological polar surface area (TPSA) is 35.2 Å². The van der Waals surface area contributed by atoms with Gasteiger partial charge in [0.15, 0.2) is 0 Å². The summed E-state index contributed by atoms with van der Waals surface area (Å²) in [5, 5.41) is 0. The lowest BCUT2D eigenvalue weighted by Crippen LogP contribution is -2.44. The fourth-order valence-electron chi connectivity index (χ4n) is 3.34. The van der Waals surface area contributed by atoms with Gasteiger partial charge in [-0.3, -0.25) is 0 Å².